The van der Waals surface area contributed by atoms with Crippen LogP contribution in [-0.2, 0) is 6.54 Å². The van der Waals surface area contributed by atoms with E-state index in [1.165, 1.54) is 0 Å². The third-order valence-corrected chi connectivity index (χ3v) is 3.50. The molecule has 4 nitrogen and oxygen atoms in total. The molecule has 1 aromatic heterocycles. The maximum absolute atomic E-state index is 12.0. The standard InChI is InChI=1S/C14H15BrN2O2/c1-8-4-5-11(12(15)6-8)14(18)16-7-13-17-9(2)10(3)19-13/h4-6H,7H2,1-3H3,(H,16,18). The molecule has 1 aromatic carbocycles. The van der Waals surface area contributed by atoms with Gasteiger partial charge in [-0.25, -0.2) is 4.98 Å². The number of hydrogen-bond donors (Lipinski definition) is 1. The average molecular weight is 323 g/mol. The zero-order valence-corrected chi connectivity index (χ0v) is 12.7. The molecule has 0 fully saturated rings. The summed E-state index contributed by atoms with van der Waals surface area (Å²) < 4.78 is 6.19. The fourth-order valence-corrected chi connectivity index (χ4v) is 2.34. The molecule has 0 aliphatic rings. The lowest BCUT2D eigenvalue weighted by Gasteiger charge is -2.05. The summed E-state index contributed by atoms with van der Waals surface area (Å²) in [6.07, 6.45) is 0. The van der Waals surface area contributed by atoms with Crippen molar-refractivity contribution < 1.29 is 9.21 Å². The van der Waals surface area contributed by atoms with Crippen LogP contribution in [0.25, 0.3) is 0 Å². The molecule has 1 amide bonds. The zero-order valence-electron chi connectivity index (χ0n) is 11.1. The Morgan fingerprint density at radius 2 is 2.11 bits per heavy atom. The monoisotopic (exact) mass is 322 g/mol. The van der Waals surface area contributed by atoms with Gasteiger partial charge in [-0.05, 0) is 54.4 Å². The van der Waals surface area contributed by atoms with Crippen molar-refractivity contribution in [2.24, 2.45) is 0 Å². The van der Waals surface area contributed by atoms with Crippen LogP contribution in [0.1, 0.15) is 33.3 Å². The van der Waals surface area contributed by atoms with Crippen LogP contribution in [0.3, 0.4) is 0 Å². The Labute approximate surface area is 120 Å². The van der Waals surface area contributed by atoms with Crippen LogP contribution in [0.5, 0.6) is 0 Å². The molecular formula is C14H15BrN2O2. The quantitative estimate of drug-likeness (QED) is 0.943. The number of hydrogen-bond acceptors (Lipinski definition) is 3. The number of carbonyl (C=O) groups excluding carboxylic acids is 1. The summed E-state index contributed by atoms with van der Waals surface area (Å²) in [7, 11) is 0. The molecule has 5 heteroatoms. The predicted molar refractivity (Wildman–Crippen MR) is 76.0 cm³/mol. The van der Waals surface area contributed by atoms with Gasteiger partial charge in [0.2, 0.25) is 5.89 Å². The number of nitrogens with zero attached hydrogens (tertiary/aromatic N) is 1. The molecule has 0 saturated carbocycles. The highest BCUT2D eigenvalue weighted by Gasteiger charge is 2.11. The second-order valence-electron chi connectivity index (χ2n) is 4.42. The van der Waals surface area contributed by atoms with Gasteiger partial charge in [0.1, 0.15) is 5.76 Å². The Bertz CT molecular complexity index is 600. The maximum atomic E-state index is 12.0. The van der Waals surface area contributed by atoms with E-state index in [4.69, 9.17) is 4.42 Å². The van der Waals surface area contributed by atoms with Gasteiger partial charge in [-0.3, -0.25) is 4.79 Å². The van der Waals surface area contributed by atoms with E-state index in [1.807, 2.05) is 32.9 Å². The van der Waals surface area contributed by atoms with Crippen molar-refractivity contribution in [2.75, 3.05) is 0 Å². The van der Waals surface area contributed by atoms with Gasteiger partial charge >= 0.3 is 0 Å². The van der Waals surface area contributed by atoms with Gasteiger partial charge in [-0.2, -0.15) is 0 Å². The molecule has 100 valence electrons. The van der Waals surface area contributed by atoms with Crippen LogP contribution in [0.4, 0.5) is 0 Å². The molecule has 19 heavy (non-hydrogen) atoms. The molecule has 0 atom stereocenters. The van der Waals surface area contributed by atoms with Crippen LogP contribution in [0.15, 0.2) is 27.1 Å². The fourth-order valence-electron chi connectivity index (χ4n) is 1.67. The second-order valence-corrected chi connectivity index (χ2v) is 5.27. The molecule has 0 bridgehead atoms. The van der Waals surface area contributed by atoms with E-state index in [0.29, 0.717) is 11.5 Å². The minimum atomic E-state index is -0.152. The average Bonchev–Trinajstić information content (AvgIpc) is 2.66. The largest absolute Gasteiger partial charge is 0.444 e. The van der Waals surface area contributed by atoms with E-state index in [9.17, 15) is 4.79 Å². The predicted octanol–water partition coefficient (Wildman–Crippen LogP) is 3.29. The Kier molecular flexibility index (Phi) is 4.04. The third-order valence-electron chi connectivity index (χ3n) is 2.84. The molecule has 2 aromatic rings. The summed E-state index contributed by atoms with van der Waals surface area (Å²) in [5.41, 5.74) is 2.55. The number of nitrogens with one attached hydrogen (secondary N) is 1. The number of aryl methyl sites for hydroxylation is 3. The molecule has 0 unspecified atom stereocenters. The molecule has 0 saturated heterocycles. The Morgan fingerprint density at radius 1 is 1.37 bits per heavy atom. The number of aromatic nitrogens is 1. The molecule has 0 spiro atoms. The summed E-state index contributed by atoms with van der Waals surface area (Å²) in [6.45, 7) is 5.99. The van der Waals surface area contributed by atoms with Crippen molar-refractivity contribution in [1.29, 1.82) is 0 Å². The lowest BCUT2D eigenvalue weighted by molar-refractivity contribution is 0.0946. The van der Waals surface area contributed by atoms with Crippen molar-refractivity contribution in [3.05, 3.63) is 51.1 Å². The summed E-state index contributed by atoms with van der Waals surface area (Å²) in [5, 5.41) is 2.79. The first-order valence-corrected chi connectivity index (χ1v) is 6.74. The topological polar surface area (TPSA) is 55.1 Å². The zero-order chi connectivity index (χ0) is 14.0. The normalized spacial score (nSPS) is 10.5. The number of oxazole rings is 1. The molecular weight excluding hydrogens is 308 g/mol. The number of rotatable bonds is 3. The minimum Gasteiger partial charge on any atom is -0.444 e. The van der Waals surface area contributed by atoms with E-state index in [0.717, 1.165) is 21.5 Å². The highest BCUT2D eigenvalue weighted by molar-refractivity contribution is 9.10. The van der Waals surface area contributed by atoms with Gasteiger partial charge in [0.05, 0.1) is 17.8 Å². The van der Waals surface area contributed by atoms with Crippen LogP contribution in [0.2, 0.25) is 0 Å². The van der Waals surface area contributed by atoms with Crippen molar-refractivity contribution in [2.45, 2.75) is 27.3 Å². The molecule has 0 radical (unpaired) electrons. The van der Waals surface area contributed by atoms with E-state index >= 15 is 0 Å². The molecule has 1 N–H and O–H groups in total. The SMILES string of the molecule is Cc1ccc(C(=O)NCc2nc(C)c(C)o2)c(Br)c1. The minimum absolute atomic E-state index is 0.152. The lowest BCUT2D eigenvalue weighted by atomic mass is 10.1. The number of benzene rings is 1. The van der Waals surface area contributed by atoms with Crippen LogP contribution >= 0.6 is 15.9 Å². The van der Waals surface area contributed by atoms with E-state index in [1.54, 1.807) is 6.07 Å². The highest BCUT2D eigenvalue weighted by Crippen LogP contribution is 2.18. The first-order chi connectivity index (χ1) is 8.97. The molecule has 2 rings (SSSR count). The number of amides is 1. The summed E-state index contributed by atoms with van der Waals surface area (Å²) in [5.74, 6) is 1.15. The fraction of sp³-hybridized carbons (Fsp3) is 0.286. The van der Waals surface area contributed by atoms with Gasteiger partial charge in [0.25, 0.3) is 5.91 Å². The van der Waals surface area contributed by atoms with Crippen LogP contribution in [0, 0.1) is 20.8 Å². The summed E-state index contributed by atoms with van der Waals surface area (Å²) in [4.78, 5) is 16.3. The van der Waals surface area contributed by atoms with Crippen molar-refractivity contribution in [3.63, 3.8) is 0 Å². The summed E-state index contributed by atoms with van der Waals surface area (Å²) >= 11 is 3.39. The van der Waals surface area contributed by atoms with Crippen molar-refractivity contribution in [1.82, 2.24) is 10.3 Å². The van der Waals surface area contributed by atoms with Gasteiger partial charge in [-0.15, -0.1) is 0 Å². The van der Waals surface area contributed by atoms with E-state index in [2.05, 4.69) is 26.2 Å². The maximum Gasteiger partial charge on any atom is 0.252 e. The van der Waals surface area contributed by atoms with Crippen LogP contribution in [-0.4, -0.2) is 10.9 Å². The third kappa shape index (κ3) is 3.23. The van der Waals surface area contributed by atoms with Crippen LogP contribution < -0.4 is 5.32 Å². The first-order valence-electron chi connectivity index (χ1n) is 5.94. The van der Waals surface area contributed by atoms with Gasteiger partial charge in [0.15, 0.2) is 0 Å². The highest BCUT2D eigenvalue weighted by atomic mass is 79.9. The van der Waals surface area contributed by atoms with E-state index in [-0.39, 0.29) is 12.5 Å². The van der Waals surface area contributed by atoms with Gasteiger partial charge in [0, 0.05) is 4.47 Å². The molecule has 1 heterocycles. The Balaban J connectivity index is 2.05. The number of halogens is 1. The van der Waals surface area contributed by atoms with Gasteiger partial charge < -0.3 is 9.73 Å². The second kappa shape index (κ2) is 5.57. The van der Waals surface area contributed by atoms with Gasteiger partial charge in [-0.1, -0.05) is 6.07 Å². The molecule has 0 aliphatic carbocycles. The number of carbonyl (C=O) groups is 1. The van der Waals surface area contributed by atoms with Crippen molar-refractivity contribution in [3.8, 4) is 0 Å². The Hall–Kier alpha value is -1.62. The van der Waals surface area contributed by atoms with E-state index < -0.39 is 0 Å². The van der Waals surface area contributed by atoms with Crippen molar-refractivity contribution >= 4 is 21.8 Å². The molecule has 0 aliphatic heterocycles. The smallest absolute Gasteiger partial charge is 0.252 e. The lowest BCUT2D eigenvalue weighted by Crippen LogP contribution is -2.23. The first kappa shape index (κ1) is 13.8. The Morgan fingerprint density at radius 3 is 2.68 bits per heavy atom. The summed E-state index contributed by atoms with van der Waals surface area (Å²) in [6, 6.07) is 5.61.